The highest BCUT2D eigenvalue weighted by Gasteiger charge is 2.20. The summed E-state index contributed by atoms with van der Waals surface area (Å²) in [6.45, 7) is 3.67. The van der Waals surface area contributed by atoms with Gasteiger partial charge in [-0.15, -0.1) is 0 Å². The fourth-order valence-electron chi connectivity index (χ4n) is 3.06. The molecule has 1 aromatic rings. The average Bonchev–Trinajstić information content (AvgIpc) is 2.50. The van der Waals surface area contributed by atoms with Gasteiger partial charge in [0, 0.05) is 12.1 Å². The van der Waals surface area contributed by atoms with Gasteiger partial charge in [0.25, 0.3) is 0 Å². The van der Waals surface area contributed by atoms with E-state index in [0.29, 0.717) is 18.0 Å². The lowest BCUT2D eigenvalue weighted by molar-refractivity contribution is 0.247. The highest BCUT2D eigenvalue weighted by atomic mass is 19.1. The van der Waals surface area contributed by atoms with Crippen molar-refractivity contribution >= 4 is 5.84 Å². The summed E-state index contributed by atoms with van der Waals surface area (Å²) in [6, 6.07) is 4.95. The van der Waals surface area contributed by atoms with Crippen molar-refractivity contribution in [1.29, 1.82) is 0 Å². The van der Waals surface area contributed by atoms with Crippen molar-refractivity contribution in [3.8, 4) is 0 Å². The number of hydrogen-bond acceptors (Lipinski definition) is 3. The first-order chi connectivity index (χ1) is 10.1. The minimum Gasteiger partial charge on any atom is -0.409 e. The Morgan fingerprint density at radius 2 is 2.19 bits per heavy atom. The molecule has 1 fully saturated rings. The molecule has 0 aromatic heterocycles. The molecule has 2 atom stereocenters. The van der Waals surface area contributed by atoms with Crippen LogP contribution < -0.4 is 11.1 Å². The van der Waals surface area contributed by atoms with Gasteiger partial charge >= 0.3 is 0 Å². The number of nitrogens with two attached hydrogens (primary N) is 1. The van der Waals surface area contributed by atoms with E-state index in [1.807, 2.05) is 0 Å². The zero-order valence-corrected chi connectivity index (χ0v) is 12.5. The molecule has 4 N–H and O–H groups in total. The molecule has 1 saturated carbocycles. The van der Waals surface area contributed by atoms with Crippen LogP contribution in [0.3, 0.4) is 0 Å². The van der Waals surface area contributed by atoms with Crippen LogP contribution in [0.25, 0.3) is 0 Å². The Bertz CT molecular complexity index is 504. The maximum atomic E-state index is 14.2. The highest BCUT2D eigenvalue weighted by Crippen LogP contribution is 2.28. The normalized spacial score (nSPS) is 23.2. The monoisotopic (exact) mass is 293 g/mol. The van der Waals surface area contributed by atoms with Crippen LogP contribution in [-0.4, -0.2) is 17.6 Å². The zero-order valence-electron chi connectivity index (χ0n) is 12.5. The van der Waals surface area contributed by atoms with Crippen molar-refractivity contribution in [2.24, 2.45) is 22.7 Å². The molecule has 0 saturated heterocycles. The Kier molecular flexibility index (Phi) is 5.56. The van der Waals surface area contributed by atoms with Crippen molar-refractivity contribution in [1.82, 2.24) is 5.32 Å². The SMILES string of the molecule is CC1CCCCC1CNCc1cccc(/C(N)=N/O)c1F. The molecule has 1 aliphatic rings. The van der Waals surface area contributed by atoms with Crippen molar-refractivity contribution in [3.05, 3.63) is 35.1 Å². The average molecular weight is 293 g/mol. The van der Waals surface area contributed by atoms with Gasteiger partial charge in [0.05, 0.1) is 5.56 Å². The van der Waals surface area contributed by atoms with Gasteiger partial charge in [0.15, 0.2) is 5.84 Å². The second kappa shape index (κ2) is 7.41. The molecular formula is C16H24FN3O. The van der Waals surface area contributed by atoms with E-state index < -0.39 is 5.82 Å². The van der Waals surface area contributed by atoms with Gasteiger partial charge in [0.2, 0.25) is 0 Å². The van der Waals surface area contributed by atoms with Crippen LogP contribution in [0.4, 0.5) is 4.39 Å². The Balaban J connectivity index is 1.94. The third-order valence-corrected chi connectivity index (χ3v) is 4.47. The molecule has 116 valence electrons. The number of hydrogen-bond donors (Lipinski definition) is 3. The maximum absolute atomic E-state index is 14.2. The topological polar surface area (TPSA) is 70.6 Å². The summed E-state index contributed by atoms with van der Waals surface area (Å²) in [7, 11) is 0. The molecule has 0 radical (unpaired) electrons. The van der Waals surface area contributed by atoms with Gasteiger partial charge in [-0.1, -0.05) is 43.5 Å². The van der Waals surface area contributed by atoms with Crippen LogP contribution in [0.2, 0.25) is 0 Å². The van der Waals surface area contributed by atoms with E-state index in [-0.39, 0.29) is 11.4 Å². The molecule has 4 nitrogen and oxygen atoms in total. The molecule has 0 spiro atoms. The zero-order chi connectivity index (χ0) is 15.2. The summed E-state index contributed by atoms with van der Waals surface area (Å²) < 4.78 is 14.2. The van der Waals surface area contributed by atoms with Crippen molar-refractivity contribution in [2.45, 2.75) is 39.2 Å². The Morgan fingerprint density at radius 3 is 2.90 bits per heavy atom. The first-order valence-electron chi connectivity index (χ1n) is 7.59. The van der Waals surface area contributed by atoms with Crippen molar-refractivity contribution < 1.29 is 9.60 Å². The first-order valence-corrected chi connectivity index (χ1v) is 7.59. The van der Waals surface area contributed by atoms with Crippen LogP contribution >= 0.6 is 0 Å². The number of nitrogens with one attached hydrogen (secondary N) is 1. The standard InChI is InChI=1S/C16H24FN3O/c1-11-5-2-3-6-12(11)9-19-10-13-7-4-8-14(15(13)17)16(18)20-21/h4,7-8,11-12,19,21H,2-3,5-6,9-10H2,1H3,(H2,18,20). The molecule has 2 unspecified atom stereocenters. The molecule has 21 heavy (non-hydrogen) atoms. The highest BCUT2D eigenvalue weighted by molar-refractivity contribution is 5.97. The van der Waals surface area contributed by atoms with Gasteiger partial charge in [-0.05, 0) is 30.9 Å². The lowest BCUT2D eigenvalue weighted by atomic mass is 9.80. The maximum Gasteiger partial charge on any atom is 0.173 e. The minimum absolute atomic E-state index is 0.142. The van der Waals surface area contributed by atoms with E-state index in [4.69, 9.17) is 10.9 Å². The van der Waals surface area contributed by atoms with Crippen LogP contribution in [0.15, 0.2) is 23.4 Å². The van der Waals surface area contributed by atoms with Gasteiger partial charge in [-0.3, -0.25) is 0 Å². The van der Waals surface area contributed by atoms with Gasteiger partial charge in [0.1, 0.15) is 5.82 Å². The summed E-state index contributed by atoms with van der Waals surface area (Å²) in [5, 5.41) is 14.9. The van der Waals surface area contributed by atoms with Gasteiger partial charge in [-0.2, -0.15) is 0 Å². The van der Waals surface area contributed by atoms with Crippen molar-refractivity contribution in [2.75, 3.05) is 6.54 Å². The Morgan fingerprint density at radius 1 is 1.43 bits per heavy atom. The van der Waals surface area contributed by atoms with Crippen LogP contribution in [-0.2, 0) is 6.54 Å². The molecule has 0 bridgehead atoms. The minimum atomic E-state index is -0.419. The lowest BCUT2D eigenvalue weighted by Gasteiger charge is -2.29. The molecule has 0 amide bonds. The predicted octanol–water partition coefficient (Wildman–Crippen LogP) is 2.84. The third kappa shape index (κ3) is 3.94. The summed E-state index contributed by atoms with van der Waals surface area (Å²) in [5.74, 6) is 0.793. The predicted molar refractivity (Wildman–Crippen MR) is 81.7 cm³/mol. The smallest absolute Gasteiger partial charge is 0.173 e. The number of rotatable bonds is 5. The van der Waals surface area contributed by atoms with E-state index in [1.165, 1.54) is 31.7 Å². The van der Waals surface area contributed by atoms with Crippen LogP contribution in [0, 0.1) is 17.7 Å². The summed E-state index contributed by atoms with van der Waals surface area (Å²) >= 11 is 0. The number of benzene rings is 1. The number of amidine groups is 1. The molecule has 1 aliphatic carbocycles. The molecule has 0 aliphatic heterocycles. The Labute approximate surface area is 125 Å². The van der Waals surface area contributed by atoms with E-state index >= 15 is 0 Å². The molecule has 2 rings (SSSR count). The summed E-state index contributed by atoms with van der Waals surface area (Å²) in [6.07, 6.45) is 5.17. The first kappa shape index (κ1) is 15.8. The van der Waals surface area contributed by atoms with Crippen LogP contribution in [0.1, 0.15) is 43.7 Å². The number of oxime groups is 1. The lowest BCUT2D eigenvalue weighted by Crippen LogP contribution is -2.29. The van der Waals surface area contributed by atoms with E-state index in [0.717, 1.165) is 12.5 Å². The fourth-order valence-corrected chi connectivity index (χ4v) is 3.06. The van der Waals surface area contributed by atoms with Gasteiger partial charge < -0.3 is 16.3 Å². The van der Waals surface area contributed by atoms with E-state index in [2.05, 4.69) is 17.4 Å². The summed E-state index contributed by atoms with van der Waals surface area (Å²) in [4.78, 5) is 0. The quantitative estimate of drug-likeness (QED) is 0.338. The molecule has 0 heterocycles. The summed E-state index contributed by atoms with van der Waals surface area (Å²) in [5.41, 5.74) is 6.15. The molecule has 1 aromatic carbocycles. The van der Waals surface area contributed by atoms with E-state index in [9.17, 15) is 4.39 Å². The largest absolute Gasteiger partial charge is 0.409 e. The van der Waals surface area contributed by atoms with Crippen LogP contribution in [0.5, 0.6) is 0 Å². The third-order valence-electron chi connectivity index (χ3n) is 4.47. The van der Waals surface area contributed by atoms with E-state index in [1.54, 1.807) is 12.1 Å². The Hall–Kier alpha value is -1.62. The van der Waals surface area contributed by atoms with Crippen molar-refractivity contribution in [3.63, 3.8) is 0 Å². The van der Waals surface area contributed by atoms with Gasteiger partial charge in [-0.25, -0.2) is 4.39 Å². The second-order valence-corrected chi connectivity index (χ2v) is 5.92. The fraction of sp³-hybridized carbons (Fsp3) is 0.562. The molecule has 5 heteroatoms. The number of halogens is 1. The second-order valence-electron chi connectivity index (χ2n) is 5.92. The molecular weight excluding hydrogens is 269 g/mol. The number of nitrogens with zero attached hydrogens (tertiary/aromatic N) is 1.